The molecule has 1 aromatic carbocycles. The first-order valence-electron chi connectivity index (χ1n) is 9.51. The van der Waals surface area contributed by atoms with Gasteiger partial charge in [0.05, 0.1) is 12.7 Å². The van der Waals surface area contributed by atoms with Crippen molar-refractivity contribution >= 4 is 46.0 Å². The van der Waals surface area contributed by atoms with Gasteiger partial charge >= 0.3 is 6.09 Å². The molecule has 0 saturated heterocycles. The van der Waals surface area contributed by atoms with Gasteiger partial charge in [0.15, 0.2) is 0 Å². The molecule has 2 aromatic rings. The number of amides is 3. The van der Waals surface area contributed by atoms with Crippen LogP contribution in [0.25, 0.3) is 0 Å². The molecule has 2 N–H and O–H groups in total. The standard InChI is InChI=1S/C21H24N2O4S2/c1-4-28-14-7-5-6-13(11-14)18(24)22-20-17(19(25)23-21(26)27-3)15-9-8-12(2)10-16(15)29-20/h5-7,11-12H,4,8-10H2,1-3H3,(H,22,24)(H,23,25,26). The van der Waals surface area contributed by atoms with E-state index in [4.69, 9.17) is 0 Å². The second-order valence-electron chi connectivity index (χ2n) is 6.92. The Labute approximate surface area is 178 Å². The Balaban J connectivity index is 1.91. The lowest BCUT2D eigenvalue weighted by atomic mass is 9.88. The fourth-order valence-electron chi connectivity index (χ4n) is 3.35. The molecular formula is C21H24N2O4S2. The number of hydrogen-bond donors (Lipinski definition) is 2. The van der Waals surface area contributed by atoms with Crippen LogP contribution < -0.4 is 10.6 Å². The number of thioether (sulfide) groups is 1. The maximum atomic E-state index is 12.9. The molecule has 1 heterocycles. The van der Waals surface area contributed by atoms with Gasteiger partial charge in [-0.15, -0.1) is 23.1 Å². The highest BCUT2D eigenvalue weighted by Crippen LogP contribution is 2.40. The highest BCUT2D eigenvalue weighted by atomic mass is 32.2. The van der Waals surface area contributed by atoms with Crippen molar-refractivity contribution in [3.05, 3.63) is 45.8 Å². The predicted octanol–water partition coefficient (Wildman–Crippen LogP) is 4.73. The van der Waals surface area contributed by atoms with Crippen LogP contribution in [0, 0.1) is 5.92 Å². The van der Waals surface area contributed by atoms with Crippen LogP contribution in [0.15, 0.2) is 29.2 Å². The van der Waals surface area contributed by atoms with E-state index in [1.54, 1.807) is 17.8 Å². The molecule has 29 heavy (non-hydrogen) atoms. The summed E-state index contributed by atoms with van der Waals surface area (Å²) in [4.78, 5) is 39.3. The summed E-state index contributed by atoms with van der Waals surface area (Å²) in [6.07, 6.45) is 1.75. The van der Waals surface area contributed by atoms with Crippen LogP contribution in [-0.4, -0.2) is 30.8 Å². The molecule has 6 nitrogen and oxygen atoms in total. The van der Waals surface area contributed by atoms with Crippen molar-refractivity contribution in [2.75, 3.05) is 18.2 Å². The summed E-state index contributed by atoms with van der Waals surface area (Å²) >= 11 is 3.08. The molecule has 8 heteroatoms. The Morgan fingerprint density at radius 1 is 1.28 bits per heavy atom. The van der Waals surface area contributed by atoms with Gasteiger partial charge in [-0.25, -0.2) is 4.79 Å². The lowest BCUT2D eigenvalue weighted by Gasteiger charge is -2.18. The summed E-state index contributed by atoms with van der Waals surface area (Å²) in [7, 11) is 1.21. The van der Waals surface area contributed by atoms with Gasteiger partial charge in [0.2, 0.25) is 0 Å². The van der Waals surface area contributed by atoms with E-state index in [2.05, 4.69) is 29.2 Å². The SMILES string of the molecule is CCSc1cccc(C(=O)Nc2sc3c(c2C(=O)NC(=O)OC)CCC(C)C3)c1. The molecule has 1 aliphatic carbocycles. The molecule has 0 spiro atoms. The van der Waals surface area contributed by atoms with Crippen LogP contribution in [0.4, 0.5) is 9.80 Å². The Kier molecular flexibility index (Phi) is 6.97. The monoisotopic (exact) mass is 432 g/mol. The molecule has 1 atom stereocenters. The van der Waals surface area contributed by atoms with Crippen molar-refractivity contribution in [1.29, 1.82) is 0 Å². The Morgan fingerprint density at radius 2 is 2.07 bits per heavy atom. The first-order valence-corrected chi connectivity index (χ1v) is 11.3. The number of rotatable bonds is 5. The fourth-order valence-corrected chi connectivity index (χ4v) is 5.48. The Bertz CT molecular complexity index is 939. The summed E-state index contributed by atoms with van der Waals surface area (Å²) in [5.41, 5.74) is 1.82. The molecule has 1 aromatic heterocycles. The zero-order valence-electron chi connectivity index (χ0n) is 16.7. The molecular weight excluding hydrogens is 408 g/mol. The number of hydrogen-bond acceptors (Lipinski definition) is 6. The van der Waals surface area contributed by atoms with E-state index in [1.165, 1.54) is 18.4 Å². The van der Waals surface area contributed by atoms with Gasteiger partial charge < -0.3 is 10.1 Å². The second-order valence-corrected chi connectivity index (χ2v) is 9.36. The first kappa shape index (κ1) is 21.4. The zero-order valence-corrected chi connectivity index (χ0v) is 18.3. The van der Waals surface area contributed by atoms with Gasteiger partial charge in [-0.05, 0) is 54.7 Å². The van der Waals surface area contributed by atoms with Gasteiger partial charge in [0, 0.05) is 15.3 Å². The summed E-state index contributed by atoms with van der Waals surface area (Å²) in [6, 6.07) is 7.40. The molecule has 154 valence electrons. The molecule has 3 rings (SSSR count). The molecule has 0 bridgehead atoms. The molecule has 0 saturated carbocycles. The minimum Gasteiger partial charge on any atom is -0.453 e. The van der Waals surface area contributed by atoms with Gasteiger partial charge in [-0.3, -0.25) is 14.9 Å². The van der Waals surface area contributed by atoms with E-state index in [0.717, 1.165) is 40.4 Å². The van der Waals surface area contributed by atoms with Gasteiger partial charge in [0.25, 0.3) is 11.8 Å². The van der Waals surface area contributed by atoms with Crippen molar-refractivity contribution in [2.45, 2.75) is 38.0 Å². The smallest absolute Gasteiger partial charge is 0.413 e. The van der Waals surface area contributed by atoms with Gasteiger partial charge in [-0.2, -0.15) is 0 Å². The number of thiophene rings is 1. The number of methoxy groups -OCH3 is 1. The normalized spacial score (nSPS) is 15.3. The van der Waals surface area contributed by atoms with Crippen LogP contribution in [0.1, 0.15) is 51.4 Å². The molecule has 1 unspecified atom stereocenters. The van der Waals surface area contributed by atoms with Crippen molar-refractivity contribution < 1.29 is 19.1 Å². The maximum absolute atomic E-state index is 12.9. The van der Waals surface area contributed by atoms with E-state index < -0.39 is 12.0 Å². The van der Waals surface area contributed by atoms with Crippen LogP contribution in [0.2, 0.25) is 0 Å². The quantitative estimate of drug-likeness (QED) is 0.667. The van der Waals surface area contributed by atoms with E-state index in [0.29, 0.717) is 22.0 Å². The summed E-state index contributed by atoms with van der Waals surface area (Å²) < 4.78 is 4.55. The van der Waals surface area contributed by atoms with Crippen LogP contribution in [0.3, 0.4) is 0 Å². The lowest BCUT2D eigenvalue weighted by Crippen LogP contribution is -2.31. The largest absolute Gasteiger partial charge is 0.453 e. The third kappa shape index (κ3) is 5.00. The second kappa shape index (κ2) is 9.45. The van der Waals surface area contributed by atoms with Crippen LogP contribution >= 0.6 is 23.1 Å². The predicted molar refractivity (Wildman–Crippen MR) is 116 cm³/mol. The molecule has 3 amide bonds. The number of ether oxygens (including phenoxy) is 1. The third-order valence-electron chi connectivity index (χ3n) is 4.77. The molecule has 0 fully saturated rings. The maximum Gasteiger partial charge on any atom is 0.413 e. The summed E-state index contributed by atoms with van der Waals surface area (Å²) in [5, 5.41) is 5.60. The summed E-state index contributed by atoms with van der Waals surface area (Å²) in [5.74, 6) is 0.611. The number of imide groups is 1. The van der Waals surface area contributed by atoms with Gasteiger partial charge in [-0.1, -0.05) is 19.9 Å². The summed E-state index contributed by atoms with van der Waals surface area (Å²) in [6.45, 7) is 4.23. The van der Waals surface area contributed by atoms with Crippen molar-refractivity contribution in [3.63, 3.8) is 0 Å². The number of benzene rings is 1. The van der Waals surface area contributed by atoms with Crippen LogP contribution in [-0.2, 0) is 17.6 Å². The van der Waals surface area contributed by atoms with Crippen LogP contribution in [0.5, 0.6) is 0 Å². The van der Waals surface area contributed by atoms with E-state index >= 15 is 0 Å². The van der Waals surface area contributed by atoms with Crippen molar-refractivity contribution in [2.24, 2.45) is 5.92 Å². The minimum atomic E-state index is -0.819. The highest BCUT2D eigenvalue weighted by Gasteiger charge is 2.29. The van der Waals surface area contributed by atoms with Crippen molar-refractivity contribution in [3.8, 4) is 0 Å². The number of carbonyl (C=O) groups is 3. The zero-order chi connectivity index (χ0) is 21.0. The Hall–Kier alpha value is -2.32. The number of alkyl carbamates (subject to hydrolysis) is 1. The number of anilines is 1. The fraction of sp³-hybridized carbons (Fsp3) is 0.381. The first-order chi connectivity index (χ1) is 13.9. The number of fused-ring (bicyclic) bond motifs is 1. The molecule has 0 radical (unpaired) electrons. The average molecular weight is 433 g/mol. The molecule has 0 aliphatic heterocycles. The minimum absolute atomic E-state index is 0.276. The topological polar surface area (TPSA) is 84.5 Å². The Morgan fingerprint density at radius 3 is 2.79 bits per heavy atom. The van der Waals surface area contributed by atoms with E-state index in [-0.39, 0.29) is 5.91 Å². The molecule has 1 aliphatic rings. The number of carbonyl (C=O) groups excluding carboxylic acids is 3. The van der Waals surface area contributed by atoms with Crippen molar-refractivity contribution in [1.82, 2.24) is 5.32 Å². The number of nitrogens with one attached hydrogen (secondary N) is 2. The van der Waals surface area contributed by atoms with Gasteiger partial charge in [0.1, 0.15) is 5.00 Å². The third-order valence-corrected chi connectivity index (χ3v) is 6.82. The lowest BCUT2D eigenvalue weighted by molar-refractivity contribution is 0.0937. The average Bonchev–Trinajstić information content (AvgIpc) is 3.05. The van der Waals surface area contributed by atoms with E-state index in [9.17, 15) is 14.4 Å². The van der Waals surface area contributed by atoms with E-state index in [1.807, 2.05) is 18.2 Å². The highest BCUT2D eigenvalue weighted by molar-refractivity contribution is 7.99.